The Balaban J connectivity index is 4.04. The second-order valence-corrected chi connectivity index (χ2v) is 14.5. The van der Waals surface area contributed by atoms with E-state index in [0.29, 0.717) is 0 Å². The predicted molar refractivity (Wildman–Crippen MR) is 77.3 cm³/mol. The van der Waals surface area contributed by atoms with Crippen molar-refractivity contribution in [1.82, 2.24) is 0 Å². The van der Waals surface area contributed by atoms with Gasteiger partial charge in [-0.05, 0) is 38.3 Å². The summed E-state index contributed by atoms with van der Waals surface area (Å²) in [5.74, 6) is -0.553. The van der Waals surface area contributed by atoms with Gasteiger partial charge < -0.3 is 8.85 Å². The van der Waals surface area contributed by atoms with Crippen LogP contribution in [0.4, 0.5) is 0 Å². The van der Waals surface area contributed by atoms with Crippen LogP contribution >= 0.6 is 0 Å². The first-order valence-corrected chi connectivity index (χ1v) is 12.8. The summed E-state index contributed by atoms with van der Waals surface area (Å²) in [6.45, 7) is 12.0. The first-order valence-electron chi connectivity index (χ1n) is 6.55. The van der Waals surface area contributed by atoms with Crippen LogP contribution in [-0.2, 0) is 18.4 Å². The van der Waals surface area contributed by atoms with Gasteiger partial charge in [0.25, 0.3) is 11.9 Å². The highest BCUT2D eigenvalue weighted by Gasteiger charge is 2.27. The van der Waals surface area contributed by atoms with Crippen LogP contribution < -0.4 is 0 Å². The Morgan fingerprint density at radius 1 is 0.778 bits per heavy atom. The molecule has 0 aliphatic rings. The Morgan fingerprint density at radius 3 is 1.28 bits per heavy atom. The number of carbonyl (C=O) groups excluding carboxylic acids is 2. The standard InChI is InChI=1S/C12H26O4Si2/c1-7-17(3,4)15-11(13)9-10-12(14)16-18(5,6)8-2/h7-10H2,1-6H3. The molecule has 0 aliphatic carbocycles. The summed E-state index contributed by atoms with van der Waals surface area (Å²) in [5.41, 5.74) is 0. The highest BCUT2D eigenvalue weighted by atomic mass is 28.4. The van der Waals surface area contributed by atoms with Gasteiger partial charge in [-0.2, -0.15) is 0 Å². The molecule has 0 heterocycles. The summed E-state index contributed by atoms with van der Waals surface area (Å²) in [6, 6.07) is 1.78. The molecule has 0 aliphatic heterocycles. The van der Waals surface area contributed by atoms with E-state index in [2.05, 4.69) is 0 Å². The van der Waals surface area contributed by atoms with Gasteiger partial charge in [-0.1, -0.05) is 13.8 Å². The lowest BCUT2D eigenvalue weighted by atomic mass is 10.3. The van der Waals surface area contributed by atoms with Crippen LogP contribution in [0.2, 0.25) is 38.3 Å². The number of hydrogen-bond donors (Lipinski definition) is 0. The first kappa shape index (κ1) is 17.4. The van der Waals surface area contributed by atoms with Crippen LogP contribution in [0.25, 0.3) is 0 Å². The average Bonchev–Trinajstić information content (AvgIpc) is 2.25. The van der Waals surface area contributed by atoms with Gasteiger partial charge >= 0.3 is 0 Å². The molecule has 0 aromatic rings. The Kier molecular flexibility index (Phi) is 6.84. The van der Waals surface area contributed by atoms with Crippen molar-refractivity contribution in [2.75, 3.05) is 0 Å². The molecule has 4 nitrogen and oxygen atoms in total. The summed E-state index contributed by atoms with van der Waals surface area (Å²) >= 11 is 0. The molecule has 0 bridgehead atoms. The molecule has 106 valence electrons. The molecule has 0 fully saturated rings. The zero-order chi connectivity index (χ0) is 14.4. The monoisotopic (exact) mass is 290 g/mol. The van der Waals surface area contributed by atoms with Crippen LogP contribution in [0.15, 0.2) is 0 Å². The maximum Gasteiger partial charge on any atom is 0.293 e. The zero-order valence-electron chi connectivity index (χ0n) is 12.5. The SMILES string of the molecule is CC[Si](C)(C)OC(=O)CCC(=O)O[Si](C)(C)CC. The fraction of sp³-hybridized carbons (Fsp3) is 0.833. The Labute approximate surface area is 112 Å². The minimum atomic E-state index is -1.86. The van der Waals surface area contributed by atoms with E-state index in [1.807, 2.05) is 40.0 Å². The topological polar surface area (TPSA) is 52.6 Å². The van der Waals surface area contributed by atoms with Crippen molar-refractivity contribution in [2.45, 2.75) is 65.0 Å². The lowest BCUT2D eigenvalue weighted by Crippen LogP contribution is -2.34. The van der Waals surface area contributed by atoms with Crippen molar-refractivity contribution in [3.8, 4) is 0 Å². The van der Waals surface area contributed by atoms with Gasteiger partial charge in [0.15, 0.2) is 0 Å². The van der Waals surface area contributed by atoms with Crippen molar-refractivity contribution in [3.63, 3.8) is 0 Å². The van der Waals surface area contributed by atoms with Crippen LogP contribution in [0.1, 0.15) is 26.7 Å². The van der Waals surface area contributed by atoms with Crippen molar-refractivity contribution >= 4 is 28.6 Å². The molecule has 0 saturated carbocycles. The van der Waals surface area contributed by atoms with E-state index in [9.17, 15) is 9.59 Å². The lowest BCUT2D eigenvalue weighted by molar-refractivity contribution is -0.141. The van der Waals surface area contributed by atoms with E-state index in [0.717, 1.165) is 12.1 Å². The summed E-state index contributed by atoms with van der Waals surface area (Å²) in [7, 11) is -3.72. The lowest BCUT2D eigenvalue weighted by Gasteiger charge is -2.22. The van der Waals surface area contributed by atoms with Gasteiger partial charge in [0.2, 0.25) is 16.6 Å². The van der Waals surface area contributed by atoms with E-state index in [1.165, 1.54) is 0 Å². The van der Waals surface area contributed by atoms with E-state index in [-0.39, 0.29) is 24.8 Å². The zero-order valence-corrected chi connectivity index (χ0v) is 14.5. The molecule has 6 heteroatoms. The normalized spacial score (nSPS) is 12.1. The summed E-state index contributed by atoms with van der Waals surface area (Å²) in [5, 5.41) is 0. The number of carbonyl (C=O) groups is 2. The molecule has 0 aromatic heterocycles. The van der Waals surface area contributed by atoms with Gasteiger partial charge in [-0.15, -0.1) is 0 Å². The highest BCUT2D eigenvalue weighted by Crippen LogP contribution is 2.14. The Bertz CT molecular complexity index is 270. The minimum absolute atomic E-state index is 0.128. The van der Waals surface area contributed by atoms with Crippen LogP contribution in [0, 0.1) is 0 Å². The molecule has 0 atom stereocenters. The Hall–Kier alpha value is -0.626. The molecule has 0 unspecified atom stereocenters. The smallest absolute Gasteiger partial charge is 0.293 e. The minimum Gasteiger partial charge on any atom is -0.520 e. The quantitative estimate of drug-likeness (QED) is 0.675. The maximum atomic E-state index is 11.6. The van der Waals surface area contributed by atoms with E-state index in [4.69, 9.17) is 8.85 Å². The van der Waals surface area contributed by atoms with E-state index in [1.54, 1.807) is 0 Å². The van der Waals surface area contributed by atoms with Crippen molar-refractivity contribution < 1.29 is 18.4 Å². The van der Waals surface area contributed by atoms with Gasteiger partial charge in [0, 0.05) is 0 Å². The third kappa shape index (κ3) is 7.65. The second-order valence-electron chi connectivity index (χ2n) is 5.67. The van der Waals surface area contributed by atoms with Gasteiger partial charge in [-0.25, -0.2) is 0 Å². The average molecular weight is 291 g/mol. The molecular formula is C12H26O4Si2. The second kappa shape index (κ2) is 7.08. The summed E-state index contributed by atoms with van der Waals surface area (Å²) in [6.07, 6.45) is 0.257. The molecule has 0 radical (unpaired) electrons. The van der Waals surface area contributed by atoms with Crippen molar-refractivity contribution in [1.29, 1.82) is 0 Å². The molecule has 0 amide bonds. The fourth-order valence-corrected chi connectivity index (χ4v) is 2.79. The third-order valence-corrected chi connectivity index (χ3v) is 7.98. The number of rotatable bonds is 7. The molecule has 0 aromatic carbocycles. The largest absolute Gasteiger partial charge is 0.520 e. The molecule has 0 N–H and O–H groups in total. The van der Waals surface area contributed by atoms with E-state index >= 15 is 0 Å². The predicted octanol–water partition coefficient (Wildman–Crippen LogP) is 3.30. The first-order chi connectivity index (χ1) is 8.12. The van der Waals surface area contributed by atoms with Gasteiger partial charge in [0.05, 0.1) is 12.8 Å². The molecule has 0 rings (SSSR count). The van der Waals surface area contributed by atoms with Gasteiger partial charge in [-0.3, -0.25) is 9.59 Å². The molecule has 18 heavy (non-hydrogen) atoms. The Morgan fingerprint density at radius 2 is 1.06 bits per heavy atom. The molecule has 0 spiro atoms. The van der Waals surface area contributed by atoms with E-state index < -0.39 is 16.6 Å². The van der Waals surface area contributed by atoms with Crippen LogP contribution in [0.3, 0.4) is 0 Å². The van der Waals surface area contributed by atoms with Crippen molar-refractivity contribution in [2.24, 2.45) is 0 Å². The summed E-state index contributed by atoms with van der Waals surface area (Å²) in [4.78, 5) is 23.1. The molecule has 0 saturated heterocycles. The number of hydrogen-bond acceptors (Lipinski definition) is 4. The maximum absolute atomic E-state index is 11.6. The third-order valence-electron chi connectivity index (χ3n) is 3.02. The van der Waals surface area contributed by atoms with Crippen molar-refractivity contribution in [3.05, 3.63) is 0 Å². The highest BCUT2D eigenvalue weighted by molar-refractivity contribution is 6.72. The van der Waals surface area contributed by atoms with Crippen LogP contribution in [0.5, 0.6) is 0 Å². The molecular weight excluding hydrogens is 264 g/mol. The van der Waals surface area contributed by atoms with Crippen LogP contribution in [-0.4, -0.2) is 28.6 Å². The van der Waals surface area contributed by atoms with Gasteiger partial charge in [0.1, 0.15) is 0 Å². The fourth-order valence-electron chi connectivity index (χ4n) is 1.07. The summed E-state index contributed by atoms with van der Waals surface area (Å²) < 4.78 is 10.8.